The Hall–Kier alpha value is -1.91. The van der Waals surface area contributed by atoms with Crippen molar-refractivity contribution in [2.24, 2.45) is 0 Å². The molecule has 0 aliphatic carbocycles. The summed E-state index contributed by atoms with van der Waals surface area (Å²) in [7, 11) is -3.64. The van der Waals surface area contributed by atoms with Crippen molar-refractivity contribution in [3.8, 4) is 0 Å². The molecule has 2 rings (SSSR count). The molecule has 2 aromatic carbocycles. The van der Waals surface area contributed by atoms with E-state index in [1.807, 2.05) is 49.4 Å². The van der Waals surface area contributed by atoms with Crippen LogP contribution >= 0.6 is 0 Å². The van der Waals surface area contributed by atoms with Crippen molar-refractivity contribution < 1.29 is 12.6 Å². The first-order chi connectivity index (χ1) is 10.6. The van der Waals surface area contributed by atoms with Crippen LogP contribution in [0.2, 0.25) is 0 Å². The summed E-state index contributed by atoms with van der Waals surface area (Å²) < 4.78 is 29.0. The largest absolute Gasteiger partial charge is 0.296 e. The van der Waals surface area contributed by atoms with Crippen molar-refractivity contribution >= 4 is 16.2 Å². The van der Waals surface area contributed by atoms with Crippen molar-refractivity contribution in [2.75, 3.05) is 6.61 Å². The van der Waals surface area contributed by atoms with Gasteiger partial charge in [0.1, 0.15) is 0 Å². The molecule has 0 saturated heterocycles. The molecule has 3 nitrogen and oxygen atoms in total. The van der Waals surface area contributed by atoms with E-state index >= 15 is 0 Å². The summed E-state index contributed by atoms with van der Waals surface area (Å²) in [6, 6.07) is 16.6. The summed E-state index contributed by atoms with van der Waals surface area (Å²) in [5, 5.41) is 0. The summed E-state index contributed by atoms with van der Waals surface area (Å²) in [6.45, 7) is 2.10. The van der Waals surface area contributed by atoms with E-state index in [0.29, 0.717) is 6.42 Å². The number of hydrogen-bond donors (Lipinski definition) is 0. The van der Waals surface area contributed by atoms with Crippen LogP contribution in [0.3, 0.4) is 0 Å². The lowest BCUT2D eigenvalue weighted by Gasteiger charge is -2.05. The number of benzene rings is 2. The maximum atomic E-state index is 12.0. The number of unbranched alkanes of at least 4 members (excludes halogenated alkanes) is 1. The lowest BCUT2D eigenvalue weighted by Crippen LogP contribution is -2.07. The molecule has 0 aliphatic heterocycles. The smallest absolute Gasteiger partial charge is 0.266 e. The molecule has 2 aromatic rings. The van der Waals surface area contributed by atoms with Gasteiger partial charge in [-0.25, -0.2) is 0 Å². The summed E-state index contributed by atoms with van der Waals surface area (Å²) >= 11 is 0. The normalized spacial score (nSPS) is 11.9. The second kappa shape index (κ2) is 7.92. The van der Waals surface area contributed by atoms with Gasteiger partial charge in [-0.15, -0.1) is 0 Å². The van der Waals surface area contributed by atoms with Crippen LogP contribution in [0.15, 0.2) is 65.6 Å². The molecule has 4 heteroatoms. The second-order valence-corrected chi connectivity index (χ2v) is 6.66. The molecular formula is C18H20O3S. The van der Waals surface area contributed by atoms with Gasteiger partial charge in [-0.05, 0) is 37.5 Å². The molecule has 0 radical (unpaired) electrons. The van der Waals surface area contributed by atoms with Crippen molar-refractivity contribution in [2.45, 2.75) is 24.7 Å². The van der Waals surface area contributed by atoms with E-state index in [0.717, 1.165) is 17.5 Å². The van der Waals surface area contributed by atoms with Crippen molar-refractivity contribution in [3.05, 3.63) is 71.8 Å². The van der Waals surface area contributed by atoms with E-state index in [2.05, 4.69) is 0 Å². The van der Waals surface area contributed by atoms with Gasteiger partial charge in [-0.3, -0.25) is 4.18 Å². The van der Waals surface area contributed by atoms with E-state index in [1.54, 1.807) is 24.3 Å². The highest BCUT2D eigenvalue weighted by molar-refractivity contribution is 7.86. The zero-order valence-electron chi connectivity index (χ0n) is 12.6. The Morgan fingerprint density at radius 1 is 1.00 bits per heavy atom. The Balaban J connectivity index is 1.76. The fourth-order valence-electron chi connectivity index (χ4n) is 1.93. The minimum Gasteiger partial charge on any atom is -0.266 e. The number of allylic oxidation sites excluding steroid dienone is 1. The Kier molecular flexibility index (Phi) is 5.92. The lowest BCUT2D eigenvalue weighted by atomic mass is 10.2. The summed E-state index contributed by atoms with van der Waals surface area (Å²) in [4.78, 5) is 0.206. The summed E-state index contributed by atoms with van der Waals surface area (Å²) in [5.41, 5.74) is 2.15. The first kappa shape index (κ1) is 16.5. The predicted octanol–water partition coefficient (Wildman–Crippen LogP) is 4.19. The van der Waals surface area contributed by atoms with Crippen LogP contribution in [0.1, 0.15) is 24.0 Å². The summed E-state index contributed by atoms with van der Waals surface area (Å²) in [5.74, 6) is 0. The van der Waals surface area contributed by atoms with Gasteiger partial charge in [0.25, 0.3) is 10.1 Å². The highest BCUT2D eigenvalue weighted by Crippen LogP contribution is 2.13. The van der Waals surface area contributed by atoms with E-state index in [1.165, 1.54) is 0 Å². The maximum Gasteiger partial charge on any atom is 0.296 e. The third kappa shape index (κ3) is 5.13. The molecule has 0 amide bonds. The molecule has 116 valence electrons. The standard InChI is InChI=1S/C18H20O3S/c1-16-11-13-18(14-12-16)22(19,20)21-15-7-3-6-10-17-8-4-2-5-9-17/h2,4-6,8-14H,3,7,15H2,1H3/b10-6+. The fraction of sp³-hybridized carbons (Fsp3) is 0.222. The van der Waals surface area contributed by atoms with E-state index in [-0.39, 0.29) is 11.5 Å². The van der Waals surface area contributed by atoms with Gasteiger partial charge < -0.3 is 0 Å². The molecule has 22 heavy (non-hydrogen) atoms. The monoisotopic (exact) mass is 316 g/mol. The lowest BCUT2D eigenvalue weighted by molar-refractivity contribution is 0.313. The molecule has 0 bridgehead atoms. The molecule has 0 atom stereocenters. The molecule has 0 aromatic heterocycles. The van der Waals surface area contributed by atoms with E-state index < -0.39 is 10.1 Å². The maximum absolute atomic E-state index is 12.0. The minimum absolute atomic E-state index is 0.190. The first-order valence-electron chi connectivity index (χ1n) is 7.26. The van der Waals surface area contributed by atoms with Crippen LogP contribution in [0.25, 0.3) is 6.08 Å². The molecule has 0 spiro atoms. The van der Waals surface area contributed by atoms with Gasteiger partial charge in [0.2, 0.25) is 0 Å². The Labute approximate surface area is 132 Å². The highest BCUT2D eigenvalue weighted by atomic mass is 32.2. The minimum atomic E-state index is -3.64. The van der Waals surface area contributed by atoms with Gasteiger partial charge in [0, 0.05) is 0 Å². The second-order valence-electron chi connectivity index (χ2n) is 5.04. The predicted molar refractivity (Wildman–Crippen MR) is 89.0 cm³/mol. The van der Waals surface area contributed by atoms with Gasteiger partial charge in [0.15, 0.2) is 0 Å². The number of hydrogen-bond acceptors (Lipinski definition) is 3. The van der Waals surface area contributed by atoms with Crippen LogP contribution in [0.4, 0.5) is 0 Å². The van der Waals surface area contributed by atoms with Crippen molar-refractivity contribution in [1.82, 2.24) is 0 Å². The Morgan fingerprint density at radius 3 is 2.36 bits per heavy atom. The topological polar surface area (TPSA) is 43.4 Å². The van der Waals surface area contributed by atoms with Crippen LogP contribution in [0.5, 0.6) is 0 Å². The molecule has 0 heterocycles. The molecule has 0 fully saturated rings. The third-order valence-corrected chi connectivity index (χ3v) is 4.50. The third-order valence-electron chi connectivity index (χ3n) is 3.17. The van der Waals surface area contributed by atoms with Crippen LogP contribution in [-0.4, -0.2) is 15.0 Å². The average Bonchev–Trinajstić information content (AvgIpc) is 2.52. The number of rotatable bonds is 7. The molecule has 0 aliphatic rings. The van der Waals surface area contributed by atoms with Crippen LogP contribution < -0.4 is 0 Å². The average molecular weight is 316 g/mol. The van der Waals surface area contributed by atoms with E-state index in [9.17, 15) is 8.42 Å². The Morgan fingerprint density at radius 2 is 1.68 bits per heavy atom. The van der Waals surface area contributed by atoms with Gasteiger partial charge in [-0.2, -0.15) is 8.42 Å². The van der Waals surface area contributed by atoms with Gasteiger partial charge in [-0.1, -0.05) is 60.2 Å². The van der Waals surface area contributed by atoms with Gasteiger partial charge in [0.05, 0.1) is 11.5 Å². The van der Waals surface area contributed by atoms with Crippen LogP contribution in [-0.2, 0) is 14.3 Å². The summed E-state index contributed by atoms with van der Waals surface area (Å²) in [6.07, 6.45) is 5.48. The SMILES string of the molecule is Cc1ccc(S(=O)(=O)OCCC/C=C/c2ccccc2)cc1. The van der Waals surface area contributed by atoms with Crippen molar-refractivity contribution in [3.63, 3.8) is 0 Å². The zero-order chi connectivity index (χ0) is 15.8. The molecule has 0 N–H and O–H groups in total. The molecular weight excluding hydrogens is 296 g/mol. The molecule has 0 saturated carbocycles. The first-order valence-corrected chi connectivity index (χ1v) is 8.66. The van der Waals surface area contributed by atoms with E-state index in [4.69, 9.17) is 4.18 Å². The number of aryl methyl sites for hydroxylation is 1. The van der Waals surface area contributed by atoms with Crippen molar-refractivity contribution in [1.29, 1.82) is 0 Å². The van der Waals surface area contributed by atoms with Gasteiger partial charge >= 0.3 is 0 Å². The quantitative estimate of drug-likeness (QED) is 0.568. The fourth-order valence-corrected chi connectivity index (χ4v) is 2.87. The Bertz CT molecular complexity index is 702. The highest BCUT2D eigenvalue weighted by Gasteiger charge is 2.13. The zero-order valence-corrected chi connectivity index (χ0v) is 13.4. The molecule has 0 unspecified atom stereocenters. The van der Waals surface area contributed by atoms with Crippen LogP contribution in [0, 0.1) is 6.92 Å².